The van der Waals surface area contributed by atoms with Gasteiger partial charge in [0, 0.05) is 30.5 Å². The highest BCUT2D eigenvalue weighted by Crippen LogP contribution is 2.42. The van der Waals surface area contributed by atoms with Crippen molar-refractivity contribution in [1.29, 1.82) is 5.26 Å². The Morgan fingerprint density at radius 2 is 1.69 bits per heavy atom. The Morgan fingerprint density at radius 1 is 1.02 bits per heavy atom. The van der Waals surface area contributed by atoms with E-state index in [1.54, 1.807) is 42.2 Å². The van der Waals surface area contributed by atoms with Gasteiger partial charge in [0.15, 0.2) is 0 Å². The standard InChI is InChI=1S/C34H36F3N7O4/c1-20-29(28-12-13-39-44(28)26-10-8-21(17-38)9-11-26)43(31(46)42(20)27-7-5-6-24(16-27)34(35,36)37)30(45)40-25-14-22-18-41(19-23(22)15-25)32(47)48-33(2,3)4/h5-13,16,22-23,25,31,46H,14-15,18-19H2,1-4H3,(H,40,45)/t22-,23+,25?,31?. The molecule has 0 bridgehead atoms. The van der Waals surface area contributed by atoms with Crippen molar-refractivity contribution in [2.45, 2.75) is 64.7 Å². The summed E-state index contributed by atoms with van der Waals surface area (Å²) in [6.45, 7) is 8.08. The smallest absolute Gasteiger partial charge is 0.416 e. The summed E-state index contributed by atoms with van der Waals surface area (Å²) >= 11 is 0. The summed E-state index contributed by atoms with van der Waals surface area (Å²) in [6, 6.07) is 14.0. The molecule has 3 heterocycles. The summed E-state index contributed by atoms with van der Waals surface area (Å²) in [5.41, 5.74) is 0.512. The molecule has 1 saturated heterocycles. The average molecular weight is 664 g/mol. The van der Waals surface area contributed by atoms with E-state index in [-0.39, 0.29) is 35.4 Å². The van der Waals surface area contributed by atoms with Crippen LogP contribution in [-0.4, -0.2) is 67.9 Å². The second-order valence-electron chi connectivity index (χ2n) is 13.4. The molecular weight excluding hydrogens is 627 g/mol. The zero-order chi connectivity index (χ0) is 34.5. The molecule has 0 spiro atoms. The summed E-state index contributed by atoms with van der Waals surface area (Å²) in [4.78, 5) is 30.9. The van der Waals surface area contributed by atoms with Crippen LogP contribution in [0.4, 0.5) is 28.4 Å². The van der Waals surface area contributed by atoms with Crippen LogP contribution >= 0.6 is 0 Å². The predicted molar refractivity (Wildman–Crippen MR) is 169 cm³/mol. The highest BCUT2D eigenvalue weighted by Gasteiger charge is 2.47. The summed E-state index contributed by atoms with van der Waals surface area (Å²) in [5, 5.41) is 28.4. The monoisotopic (exact) mass is 663 g/mol. The fraction of sp³-hybridized carbons (Fsp3) is 0.412. The number of urea groups is 1. The number of fused-ring (bicyclic) bond motifs is 1. The number of aromatic nitrogens is 2. The Bertz CT molecular complexity index is 1780. The van der Waals surface area contributed by atoms with E-state index >= 15 is 0 Å². The molecule has 0 radical (unpaired) electrons. The van der Waals surface area contributed by atoms with Crippen LogP contribution in [0.5, 0.6) is 0 Å². The van der Waals surface area contributed by atoms with Crippen molar-refractivity contribution < 1.29 is 32.6 Å². The number of aliphatic hydroxyl groups excluding tert-OH is 1. The van der Waals surface area contributed by atoms with E-state index in [0.29, 0.717) is 48.6 Å². The van der Waals surface area contributed by atoms with Crippen LogP contribution in [0.2, 0.25) is 0 Å². The second-order valence-corrected chi connectivity index (χ2v) is 13.4. The number of benzene rings is 2. The van der Waals surface area contributed by atoms with Gasteiger partial charge in [0.25, 0.3) is 0 Å². The number of nitrogens with one attached hydrogen (secondary N) is 1. The third kappa shape index (κ3) is 6.29. The first-order chi connectivity index (χ1) is 22.6. The molecule has 1 saturated carbocycles. The summed E-state index contributed by atoms with van der Waals surface area (Å²) < 4.78 is 48.1. The number of alkyl halides is 3. The van der Waals surface area contributed by atoms with Crippen LogP contribution in [0.1, 0.15) is 57.4 Å². The topological polar surface area (TPSA) is 127 Å². The first-order valence-electron chi connectivity index (χ1n) is 15.6. The van der Waals surface area contributed by atoms with Gasteiger partial charge in [-0.1, -0.05) is 6.07 Å². The van der Waals surface area contributed by atoms with Gasteiger partial charge in [0.2, 0.25) is 6.35 Å². The van der Waals surface area contributed by atoms with Crippen molar-refractivity contribution in [3.63, 3.8) is 0 Å². The van der Waals surface area contributed by atoms with Gasteiger partial charge in [-0.2, -0.15) is 23.5 Å². The third-order valence-electron chi connectivity index (χ3n) is 8.93. The molecule has 1 aliphatic carbocycles. The van der Waals surface area contributed by atoms with Crippen molar-refractivity contribution >= 4 is 23.5 Å². The number of hydrogen-bond acceptors (Lipinski definition) is 7. The lowest BCUT2D eigenvalue weighted by atomic mass is 10.0. The van der Waals surface area contributed by atoms with Gasteiger partial charge in [-0.3, -0.25) is 4.90 Å². The minimum Gasteiger partial charge on any atom is -0.444 e. The van der Waals surface area contributed by atoms with Gasteiger partial charge in [0.1, 0.15) is 5.60 Å². The first kappa shape index (κ1) is 32.9. The van der Waals surface area contributed by atoms with Crippen molar-refractivity contribution in [3.8, 4) is 11.8 Å². The van der Waals surface area contributed by atoms with Crippen LogP contribution in [0.3, 0.4) is 0 Å². The van der Waals surface area contributed by atoms with E-state index in [4.69, 9.17) is 4.74 Å². The minimum absolute atomic E-state index is 0.0460. The molecule has 1 aromatic heterocycles. The summed E-state index contributed by atoms with van der Waals surface area (Å²) in [6.07, 6.45) is -3.94. The molecule has 4 atom stereocenters. The lowest BCUT2D eigenvalue weighted by Crippen LogP contribution is -2.50. The van der Waals surface area contributed by atoms with Crippen LogP contribution in [0.25, 0.3) is 11.4 Å². The van der Waals surface area contributed by atoms with Crippen molar-refractivity contribution in [3.05, 3.63) is 83.3 Å². The van der Waals surface area contributed by atoms with Gasteiger partial charge in [-0.05, 0) is 101 Å². The van der Waals surface area contributed by atoms with Gasteiger partial charge >= 0.3 is 18.3 Å². The minimum atomic E-state index is -4.62. The van der Waals surface area contributed by atoms with Crippen molar-refractivity contribution in [1.82, 2.24) is 24.9 Å². The van der Waals surface area contributed by atoms with Crippen LogP contribution < -0.4 is 10.2 Å². The van der Waals surface area contributed by atoms with E-state index < -0.39 is 29.7 Å². The number of hydrogen-bond donors (Lipinski definition) is 2. The number of aliphatic hydroxyl groups is 1. The maximum atomic E-state index is 14.1. The molecule has 2 fully saturated rings. The highest BCUT2D eigenvalue weighted by molar-refractivity contribution is 5.90. The molecule has 48 heavy (non-hydrogen) atoms. The van der Waals surface area contributed by atoms with E-state index in [0.717, 1.165) is 17.0 Å². The average Bonchev–Trinajstić information content (AvgIpc) is 3.78. The number of allylic oxidation sites excluding steroid dienone is 1. The Kier molecular flexibility index (Phi) is 8.36. The first-order valence-corrected chi connectivity index (χ1v) is 15.6. The predicted octanol–water partition coefficient (Wildman–Crippen LogP) is 5.90. The Labute approximate surface area is 275 Å². The maximum Gasteiger partial charge on any atom is 0.416 e. The zero-order valence-corrected chi connectivity index (χ0v) is 26.9. The van der Waals surface area contributed by atoms with E-state index in [1.807, 2.05) is 20.8 Å². The van der Waals surface area contributed by atoms with Crippen LogP contribution in [0, 0.1) is 23.2 Å². The van der Waals surface area contributed by atoms with Gasteiger partial charge in [-0.25, -0.2) is 19.2 Å². The maximum absolute atomic E-state index is 14.1. The molecule has 14 heteroatoms. The zero-order valence-electron chi connectivity index (χ0n) is 26.9. The Hall–Kier alpha value is -5.03. The highest BCUT2D eigenvalue weighted by atomic mass is 19.4. The molecule has 3 aromatic rings. The van der Waals surface area contributed by atoms with Crippen molar-refractivity contribution in [2.24, 2.45) is 11.8 Å². The molecule has 11 nitrogen and oxygen atoms in total. The molecule has 2 aromatic carbocycles. The normalized spacial score (nSPS) is 22.6. The second kappa shape index (κ2) is 12.2. The largest absolute Gasteiger partial charge is 0.444 e. The van der Waals surface area contributed by atoms with Crippen LogP contribution in [0.15, 0.2) is 66.5 Å². The lowest BCUT2D eigenvalue weighted by molar-refractivity contribution is -0.137. The number of likely N-dealkylation sites (tertiary alicyclic amines) is 1. The number of nitrogens with zero attached hydrogens (tertiary/aromatic N) is 6. The fourth-order valence-corrected chi connectivity index (χ4v) is 6.87. The summed E-state index contributed by atoms with van der Waals surface area (Å²) in [5.74, 6) is 0.310. The third-order valence-corrected chi connectivity index (χ3v) is 8.93. The number of nitriles is 1. The van der Waals surface area contributed by atoms with Gasteiger partial charge < -0.3 is 20.1 Å². The fourth-order valence-electron chi connectivity index (χ4n) is 6.87. The number of halogens is 3. The van der Waals surface area contributed by atoms with Gasteiger partial charge in [-0.15, -0.1) is 0 Å². The van der Waals surface area contributed by atoms with E-state index in [9.17, 15) is 33.1 Å². The molecule has 3 aliphatic rings. The molecular formula is C34H36F3N7O4. The van der Waals surface area contributed by atoms with Crippen LogP contribution in [-0.2, 0) is 10.9 Å². The van der Waals surface area contributed by atoms with E-state index in [1.165, 1.54) is 27.9 Å². The quantitative estimate of drug-likeness (QED) is 0.356. The SMILES string of the molecule is CC1=C(c2ccnn2-c2ccc(C#N)cc2)N(C(=O)NC2C[C@@H]3CN(C(=O)OC(C)(C)C)C[C@@H]3C2)C(O)N1c1cccc(C(F)(F)F)c1. The molecule has 252 valence electrons. The van der Waals surface area contributed by atoms with Crippen molar-refractivity contribution in [2.75, 3.05) is 18.0 Å². The van der Waals surface area contributed by atoms with Gasteiger partial charge in [0.05, 0.1) is 40.5 Å². The molecule has 2 N–H and O–H groups in total. The van der Waals surface area contributed by atoms with E-state index in [2.05, 4.69) is 16.5 Å². The summed E-state index contributed by atoms with van der Waals surface area (Å²) in [7, 11) is 0. The number of carbonyl (C=O) groups is 2. The molecule has 6 rings (SSSR count). The molecule has 2 aliphatic heterocycles. The Morgan fingerprint density at radius 3 is 2.29 bits per heavy atom. The number of anilines is 1. The number of rotatable bonds is 4. The molecule has 3 amide bonds. The lowest BCUT2D eigenvalue weighted by Gasteiger charge is -2.30. The number of amides is 3. The number of ether oxygens (including phenoxy) is 1. The number of carbonyl (C=O) groups excluding carboxylic acids is 2. The molecule has 2 unspecified atom stereocenters. The Balaban J connectivity index is 1.29.